The van der Waals surface area contributed by atoms with Gasteiger partial charge < -0.3 is 10.1 Å². The molecule has 35 heavy (non-hydrogen) atoms. The Hall–Kier alpha value is -3.87. The van der Waals surface area contributed by atoms with Crippen LogP contribution in [0.4, 0.5) is 0 Å². The molecule has 1 N–H and O–H groups in total. The minimum absolute atomic E-state index is 0.0903. The summed E-state index contributed by atoms with van der Waals surface area (Å²) < 4.78 is 8.92. The van der Waals surface area contributed by atoms with Crippen molar-refractivity contribution in [2.45, 2.75) is 47.1 Å². The monoisotopic (exact) mass is 472 g/mol. The molecule has 0 fully saturated rings. The molecule has 2 aromatic heterocycles. The quantitative estimate of drug-likeness (QED) is 0.415. The number of pyridine rings is 1. The van der Waals surface area contributed by atoms with E-state index in [1.54, 1.807) is 11.6 Å². The number of aryl methyl sites for hydroxylation is 4. The molecule has 2 heterocycles. The fourth-order valence-electron chi connectivity index (χ4n) is 4.43. The fraction of sp³-hybridized carbons (Fsp3) is 0.321. The van der Waals surface area contributed by atoms with E-state index in [1.807, 2.05) is 80.9 Å². The summed E-state index contributed by atoms with van der Waals surface area (Å²) in [6, 6.07) is 15.7. The largest absolute Gasteiger partial charge is 0.494 e. The van der Waals surface area contributed by atoms with Gasteiger partial charge in [0.1, 0.15) is 11.4 Å². The number of ether oxygens (including phenoxy) is 1. The van der Waals surface area contributed by atoms with E-state index < -0.39 is 0 Å². The summed E-state index contributed by atoms with van der Waals surface area (Å²) in [4.78, 5) is 25.9. The second-order valence-corrected chi connectivity index (χ2v) is 8.85. The topological polar surface area (TPSA) is 78.2 Å². The lowest BCUT2D eigenvalue weighted by Gasteiger charge is -2.13. The number of carbonyl (C=O) groups is 1. The minimum atomic E-state index is -0.0948. The van der Waals surface area contributed by atoms with Crippen LogP contribution in [0.5, 0.6) is 5.75 Å². The van der Waals surface area contributed by atoms with Crippen LogP contribution in [0.2, 0.25) is 0 Å². The first-order valence-corrected chi connectivity index (χ1v) is 11.9. The van der Waals surface area contributed by atoms with E-state index in [9.17, 15) is 9.59 Å². The average Bonchev–Trinajstić information content (AvgIpc) is 3.20. The van der Waals surface area contributed by atoms with Crippen molar-refractivity contribution in [3.05, 3.63) is 86.8 Å². The van der Waals surface area contributed by atoms with Gasteiger partial charge in [0.05, 0.1) is 18.0 Å². The van der Waals surface area contributed by atoms with Crippen molar-refractivity contribution in [2.24, 2.45) is 7.05 Å². The highest BCUT2D eigenvalue weighted by atomic mass is 16.5. The smallest absolute Gasteiger partial charge is 0.255 e. The second-order valence-electron chi connectivity index (χ2n) is 8.85. The summed E-state index contributed by atoms with van der Waals surface area (Å²) in [7, 11) is 1.77. The third kappa shape index (κ3) is 4.99. The van der Waals surface area contributed by atoms with Crippen LogP contribution in [-0.4, -0.2) is 26.9 Å². The van der Waals surface area contributed by atoms with Crippen LogP contribution in [0, 0.1) is 20.8 Å². The Labute approximate surface area is 205 Å². The van der Waals surface area contributed by atoms with Gasteiger partial charge in [-0.2, -0.15) is 5.10 Å². The molecule has 4 aromatic rings. The first-order valence-electron chi connectivity index (χ1n) is 11.9. The van der Waals surface area contributed by atoms with E-state index in [1.165, 1.54) is 0 Å². The molecule has 0 aliphatic heterocycles. The van der Waals surface area contributed by atoms with E-state index in [0.29, 0.717) is 25.1 Å². The van der Waals surface area contributed by atoms with Crippen molar-refractivity contribution in [2.75, 3.05) is 6.61 Å². The number of nitrogens with one attached hydrogen (secondary N) is 1. The number of fused-ring (bicyclic) bond motifs is 1. The molecule has 0 aliphatic rings. The molecule has 1 amide bonds. The van der Waals surface area contributed by atoms with Crippen LogP contribution in [0.1, 0.15) is 41.3 Å². The molecular formula is C28H32N4O3. The number of benzene rings is 2. The van der Waals surface area contributed by atoms with E-state index >= 15 is 0 Å². The Morgan fingerprint density at radius 3 is 2.37 bits per heavy atom. The van der Waals surface area contributed by atoms with Crippen LogP contribution in [0.3, 0.4) is 0 Å². The average molecular weight is 473 g/mol. The van der Waals surface area contributed by atoms with Crippen molar-refractivity contribution in [3.63, 3.8) is 0 Å². The molecular weight excluding hydrogens is 440 g/mol. The maximum Gasteiger partial charge on any atom is 0.255 e. The summed E-state index contributed by atoms with van der Waals surface area (Å²) in [6.07, 6.45) is 0.614. The molecule has 0 unspecified atom stereocenters. The highest BCUT2D eigenvalue weighted by Crippen LogP contribution is 2.26. The maximum atomic E-state index is 13.3. The Morgan fingerprint density at radius 1 is 1.03 bits per heavy atom. The predicted octanol–water partition coefficient (Wildman–Crippen LogP) is 4.30. The highest BCUT2D eigenvalue weighted by Gasteiger charge is 2.20. The third-order valence-electron chi connectivity index (χ3n) is 6.35. The lowest BCUT2D eigenvalue weighted by molar-refractivity contribution is -0.121. The van der Waals surface area contributed by atoms with Crippen molar-refractivity contribution >= 4 is 16.9 Å². The summed E-state index contributed by atoms with van der Waals surface area (Å²) in [5.41, 5.74) is 6.13. The molecule has 0 aliphatic carbocycles. The summed E-state index contributed by atoms with van der Waals surface area (Å²) in [5, 5.41) is 8.64. The lowest BCUT2D eigenvalue weighted by Crippen LogP contribution is -2.27. The van der Waals surface area contributed by atoms with Crippen LogP contribution >= 0.6 is 0 Å². The van der Waals surface area contributed by atoms with E-state index in [4.69, 9.17) is 9.84 Å². The van der Waals surface area contributed by atoms with Crippen molar-refractivity contribution < 1.29 is 9.53 Å². The van der Waals surface area contributed by atoms with E-state index in [2.05, 4.69) is 5.32 Å². The maximum absolute atomic E-state index is 13.3. The number of nitrogens with zero attached hydrogens (tertiary/aromatic N) is 3. The van der Waals surface area contributed by atoms with Crippen LogP contribution in [0.25, 0.3) is 16.7 Å². The Kier molecular flexibility index (Phi) is 7.05. The zero-order valence-electron chi connectivity index (χ0n) is 21.0. The first kappa shape index (κ1) is 24.3. The van der Waals surface area contributed by atoms with E-state index in [-0.39, 0.29) is 17.9 Å². The molecule has 0 spiro atoms. The summed E-state index contributed by atoms with van der Waals surface area (Å²) in [6.45, 7) is 8.94. The van der Waals surface area contributed by atoms with Gasteiger partial charge in [-0.1, -0.05) is 29.8 Å². The molecule has 4 rings (SSSR count). The van der Waals surface area contributed by atoms with Gasteiger partial charge in [-0.3, -0.25) is 14.2 Å². The Balaban J connectivity index is 1.52. The molecule has 0 bridgehead atoms. The Bertz CT molecular complexity index is 1410. The second kappa shape index (κ2) is 10.2. The Morgan fingerprint density at radius 2 is 1.71 bits per heavy atom. The molecule has 0 radical (unpaired) electrons. The van der Waals surface area contributed by atoms with E-state index in [0.717, 1.165) is 44.9 Å². The molecule has 0 saturated heterocycles. The molecule has 0 atom stereocenters. The van der Waals surface area contributed by atoms with Gasteiger partial charge in [0.2, 0.25) is 5.91 Å². The fourth-order valence-corrected chi connectivity index (χ4v) is 4.43. The molecule has 2 aromatic carbocycles. The van der Waals surface area contributed by atoms with Gasteiger partial charge in [0, 0.05) is 31.0 Å². The first-order chi connectivity index (χ1) is 16.8. The van der Waals surface area contributed by atoms with Gasteiger partial charge >= 0.3 is 0 Å². The van der Waals surface area contributed by atoms with Gasteiger partial charge in [-0.25, -0.2) is 4.68 Å². The SMILES string of the molecule is CCOc1ccc(CNC(=O)CCc2c(C)c3c(C)nn(-c4ccc(C)cc4)c3n(C)c2=O)cc1. The molecule has 182 valence electrons. The number of rotatable bonds is 8. The number of hydrogen-bond acceptors (Lipinski definition) is 4. The number of aromatic nitrogens is 3. The normalized spacial score (nSPS) is 11.1. The predicted molar refractivity (Wildman–Crippen MR) is 138 cm³/mol. The number of carbonyl (C=O) groups excluding carboxylic acids is 1. The van der Waals surface area contributed by atoms with Gasteiger partial charge in [0.25, 0.3) is 5.56 Å². The zero-order chi connectivity index (χ0) is 25.1. The summed E-state index contributed by atoms with van der Waals surface area (Å²) >= 11 is 0. The molecule has 7 nitrogen and oxygen atoms in total. The minimum Gasteiger partial charge on any atom is -0.494 e. The standard InChI is InChI=1S/C28H32N4O3/c1-6-35-23-13-9-21(10-14-23)17-29-25(33)16-15-24-19(3)26-20(4)30-32(27(26)31(5)28(24)34)22-11-7-18(2)8-12-22/h7-14H,6,15-17H2,1-5H3,(H,29,33). The lowest BCUT2D eigenvalue weighted by atomic mass is 10.0. The van der Waals surface area contributed by atoms with Crippen molar-refractivity contribution in [1.82, 2.24) is 19.7 Å². The number of amides is 1. The van der Waals surface area contributed by atoms with Gasteiger partial charge in [-0.05, 0) is 69.5 Å². The molecule has 7 heteroatoms. The summed E-state index contributed by atoms with van der Waals surface area (Å²) in [5.74, 6) is 0.720. The van der Waals surface area contributed by atoms with Crippen LogP contribution in [-0.2, 0) is 24.8 Å². The molecule has 0 saturated carbocycles. The zero-order valence-corrected chi connectivity index (χ0v) is 21.0. The highest BCUT2D eigenvalue weighted by molar-refractivity contribution is 5.85. The van der Waals surface area contributed by atoms with Crippen LogP contribution < -0.4 is 15.6 Å². The number of hydrogen-bond donors (Lipinski definition) is 1. The van der Waals surface area contributed by atoms with Crippen molar-refractivity contribution in [3.8, 4) is 11.4 Å². The van der Waals surface area contributed by atoms with Crippen LogP contribution in [0.15, 0.2) is 53.3 Å². The van der Waals surface area contributed by atoms with Gasteiger partial charge in [0.15, 0.2) is 0 Å². The van der Waals surface area contributed by atoms with Gasteiger partial charge in [-0.15, -0.1) is 0 Å². The van der Waals surface area contributed by atoms with Crippen molar-refractivity contribution in [1.29, 1.82) is 0 Å². The third-order valence-corrected chi connectivity index (χ3v) is 6.35.